The van der Waals surface area contributed by atoms with Crippen LogP contribution in [0.2, 0.25) is 0 Å². The fourth-order valence-electron chi connectivity index (χ4n) is 5.60. The Kier molecular flexibility index (Phi) is 7.40. The minimum Gasteiger partial charge on any atom is -0.396 e. The SMILES string of the molecule is CCCCNC(=O)C1N(CCCCO)C(=O)[C@@H]2[C@@H](C(=O)Nc3ccccc3)[C@@H]3OC12CC3Br. The quantitative estimate of drug-likeness (QED) is 0.322. The van der Waals surface area contributed by atoms with Crippen LogP contribution in [0.25, 0.3) is 0 Å². The Hall–Kier alpha value is -1.97. The van der Waals surface area contributed by atoms with Gasteiger partial charge in [0.05, 0.1) is 17.9 Å². The summed E-state index contributed by atoms with van der Waals surface area (Å²) in [5.74, 6) is -2.11. The summed E-state index contributed by atoms with van der Waals surface area (Å²) in [7, 11) is 0. The molecule has 3 aliphatic rings. The number of carbonyl (C=O) groups excluding carboxylic acids is 3. The number of rotatable bonds is 10. The average molecular weight is 522 g/mol. The van der Waals surface area contributed by atoms with Gasteiger partial charge in [-0.05, 0) is 37.8 Å². The van der Waals surface area contributed by atoms with Crippen molar-refractivity contribution in [2.75, 3.05) is 25.0 Å². The molecule has 3 aliphatic heterocycles. The molecule has 8 nitrogen and oxygen atoms in total. The monoisotopic (exact) mass is 521 g/mol. The number of halogens is 1. The van der Waals surface area contributed by atoms with Crippen molar-refractivity contribution in [3.05, 3.63) is 30.3 Å². The molecule has 1 spiro atoms. The van der Waals surface area contributed by atoms with Gasteiger partial charge in [0.25, 0.3) is 0 Å². The first kappa shape index (κ1) is 24.2. The van der Waals surface area contributed by atoms with E-state index in [9.17, 15) is 19.5 Å². The fourth-order valence-corrected chi connectivity index (χ4v) is 6.54. The van der Waals surface area contributed by atoms with E-state index in [4.69, 9.17) is 4.74 Å². The second kappa shape index (κ2) is 10.1. The van der Waals surface area contributed by atoms with Gasteiger partial charge in [0.1, 0.15) is 11.6 Å². The number of alkyl halides is 1. The number of nitrogens with zero attached hydrogens (tertiary/aromatic N) is 1. The molecule has 3 heterocycles. The van der Waals surface area contributed by atoms with Gasteiger partial charge in [0.2, 0.25) is 17.7 Å². The maximum atomic E-state index is 13.7. The van der Waals surface area contributed by atoms with Crippen LogP contribution in [0.5, 0.6) is 0 Å². The molecule has 1 aromatic rings. The van der Waals surface area contributed by atoms with E-state index >= 15 is 0 Å². The van der Waals surface area contributed by atoms with Crippen molar-refractivity contribution in [2.24, 2.45) is 11.8 Å². The molecule has 0 radical (unpaired) electrons. The molecule has 33 heavy (non-hydrogen) atoms. The lowest BCUT2D eigenvalue weighted by molar-refractivity contribution is -0.141. The van der Waals surface area contributed by atoms with Crippen LogP contribution in [0.1, 0.15) is 39.0 Å². The van der Waals surface area contributed by atoms with Crippen LogP contribution in [0, 0.1) is 11.8 Å². The summed E-state index contributed by atoms with van der Waals surface area (Å²) in [5.41, 5.74) is -0.381. The maximum Gasteiger partial charge on any atom is 0.245 e. The molecule has 0 aromatic heterocycles. The third-order valence-electron chi connectivity index (χ3n) is 7.02. The molecule has 180 valence electrons. The number of carbonyl (C=O) groups is 3. The van der Waals surface area contributed by atoms with Gasteiger partial charge in [-0.3, -0.25) is 14.4 Å². The molecule has 3 saturated heterocycles. The number of fused-ring (bicyclic) bond motifs is 1. The average Bonchev–Trinajstić information content (AvgIpc) is 3.38. The second-order valence-corrected chi connectivity index (χ2v) is 10.3. The van der Waals surface area contributed by atoms with E-state index < -0.39 is 29.6 Å². The first-order chi connectivity index (χ1) is 15.9. The maximum absolute atomic E-state index is 13.7. The topological polar surface area (TPSA) is 108 Å². The van der Waals surface area contributed by atoms with E-state index in [2.05, 4.69) is 26.6 Å². The summed E-state index contributed by atoms with van der Waals surface area (Å²) in [6, 6.07) is 8.35. The second-order valence-electron chi connectivity index (χ2n) is 9.13. The van der Waals surface area contributed by atoms with Gasteiger partial charge >= 0.3 is 0 Å². The summed E-state index contributed by atoms with van der Waals surface area (Å²) in [4.78, 5) is 41.9. The molecule has 6 atom stereocenters. The largest absolute Gasteiger partial charge is 0.396 e. The number of anilines is 1. The highest BCUT2D eigenvalue weighted by Crippen LogP contribution is 2.60. The molecular formula is C24H32BrN3O5. The summed E-state index contributed by atoms with van der Waals surface area (Å²) >= 11 is 3.67. The van der Waals surface area contributed by atoms with Crippen molar-refractivity contribution in [3.8, 4) is 0 Å². The predicted molar refractivity (Wildman–Crippen MR) is 127 cm³/mol. The highest BCUT2D eigenvalue weighted by molar-refractivity contribution is 9.09. The zero-order valence-corrected chi connectivity index (χ0v) is 20.4. The molecule has 9 heteroatoms. The lowest BCUT2D eigenvalue weighted by Gasteiger charge is -2.34. The highest BCUT2D eigenvalue weighted by Gasteiger charge is 2.76. The number of nitrogens with one attached hydrogen (secondary N) is 2. The number of likely N-dealkylation sites (tertiary alicyclic amines) is 1. The molecule has 0 saturated carbocycles. The van der Waals surface area contributed by atoms with Crippen LogP contribution in [0.3, 0.4) is 0 Å². The molecular weight excluding hydrogens is 490 g/mol. The minimum atomic E-state index is -1.04. The fraction of sp³-hybridized carbons (Fsp3) is 0.625. The van der Waals surface area contributed by atoms with Crippen molar-refractivity contribution in [2.45, 2.75) is 61.6 Å². The number of para-hydroxylation sites is 1. The van der Waals surface area contributed by atoms with Gasteiger partial charge in [0.15, 0.2) is 0 Å². The summed E-state index contributed by atoms with van der Waals surface area (Å²) in [6.07, 6.45) is 2.92. The zero-order chi connectivity index (χ0) is 23.6. The van der Waals surface area contributed by atoms with Crippen LogP contribution in [-0.2, 0) is 19.1 Å². The van der Waals surface area contributed by atoms with Crippen LogP contribution >= 0.6 is 15.9 Å². The number of hydrogen-bond donors (Lipinski definition) is 3. The minimum absolute atomic E-state index is 0.0219. The van der Waals surface area contributed by atoms with Crippen molar-refractivity contribution in [1.82, 2.24) is 10.2 Å². The Labute approximate surface area is 202 Å². The Morgan fingerprint density at radius 1 is 1.21 bits per heavy atom. The smallest absolute Gasteiger partial charge is 0.245 e. The molecule has 3 N–H and O–H groups in total. The van der Waals surface area contributed by atoms with E-state index in [-0.39, 0.29) is 29.2 Å². The van der Waals surface area contributed by atoms with E-state index in [1.807, 2.05) is 25.1 Å². The third-order valence-corrected chi connectivity index (χ3v) is 7.86. The van der Waals surface area contributed by atoms with Gasteiger partial charge in [0, 0.05) is 30.2 Å². The highest BCUT2D eigenvalue weighted by atomic mass is 79.9. The molecule has 2 bridgehead atoms. The van der Waals surface area contributed by atoms with E-state index in [1.165, 1.54) is 0 Å². The van der Waals surface area contributed by atoms with Crippen molar-refractivity contribution < 1.29 is 24.2 Å². The molecule has 1 aromatic carbocycles. The Morgan fingerprint density at radius 2 is 1.97 bits per heavy atom. The van der Waals surface area contributed by atoms with Crippen LogP contribution in [0.15, 0.2) is 30.3 Å². The Balaban J connectivity index is 1.64. The van der Waals surface area contributed by atoms with E-state index in [1.54, 1.807) is 17.0 Å². The van der Waals surface area contributed by atoms with Crippen molar-refractivity contribution in [3.63, 3.8) is 0 Å². The van der Waals surface area contributed by atoms with Gasteiger partial charge in [-0.15, -0.1) is 0 Å². The zero-order valence-electron chi connectivity index (χ0n) is 18.8. The third kappa shape index (κ3) is 4.31. The van der Waals surface area contributed by atoms with Gasteiger partial charge in [-0.1, -0.05) is 47.5 Å². The summed E-state index contributed by atoms with van der Waals surface area (Å²) in [6.45, 7) is 2.95. The lowest BCUT2D eigenvalue weighted by atomic mass is 9.70. The Morgan fingerprint density at radius 3 is 2.67 bits per heavy atom. The number of amides is 3. The Bertz CT molecular complexity index is 884. The molecule has 3 fully saturated rings. The molecule has 0 aliphatic carbocycles. The number of ether oxygens (including phenoxy) is 1. The molecule has 3 amide bonds. The normalized spacial score (nSPS) is 32.2. The van der Waals surface area contributed by atoms with Crippen LogP contribution in [-0.4, -0.2) is 70.0 Å². The van der Waals surface area contributed by atoms with E-state index in [0.29, 0.717) is 38.0 Å². The summed E-state index contributed by atoms with van der Waals surface area (Å²) < 4.78 is 6.43. The first-order valence-electron chi connectivity index (χ1n) is 11.8. The van der Waals surface area contributed by atoms with E-state index in [0.717, 1.165) is 12.8 Å². The van der Waals surface area contributed by atoms with Crippen molar-refractivity contribution >= 4 is 39.3 Å². The standard InChI is InChI=1S/C24H32BrN3O5/c1-2-3-11-26-22(31)20-24-14-16(25)19(33-24)17(21(30)27-15-9-5-4-6-10-15)18(24)23(32)28(20)12-7-8-13-29/h4-6,9-10,16-20,29H,2-3,7-8,11-14H2,1H3,(H,26,31)(H,27,30)/t16?,17-,18+,19-,20?,24?/m1/s1. The van der Waals surface area contributed by atoms with Gasteiger partial charge < -0.3 is 25.4 Å². The molecule has 4 rings (SSSR count). The van der Waals surface area contributed by atoms with Crippen LogP contribution in [0.4, 0.5) is 5.69 Å². The van der Waals surface area contributed by atoms with Crippen molar-refractivity contribution in [1.29, 1.82) is 0 Å². The van der Waals surface area contributed by atoms with Gasteiger partial charge in [-0.25, -0.2) is 0 Å². The lowest BCUT2D eigenvalue weighted by Crippen LogP contribution is -2.56. The molecule has 3 unspecified atom stereocenters. The number of benzene rings is 1. The number of aliphatic hydroxyl groups excluding tert-OH is 1. The predicted octanol–water partition coefficient (Wildman–Crippen LogP) is 2.06. The number of aliphatic hydroxyl groups is 1. The summed E-state index contributed by atoms with van der Waals surface area (Å²) in [5, 5.41) is 15.1. The van der Waals surface area contributed by atoms with Crippen LogP contribution < -0.4 is 10.6 Å². The number of hydrogen-bond acceptors (Lipinski definition) is 5. The first-order valence-corrected chi connectivity index (χ1v) is 12.7. The number of unbranched alkanes of at least 4 members (excludes halogenated alkanes) is 2. The van der Waals surface area contributed by atoms with Gasteiger partial charge in [-0.2, -0.15) is 0 Å².